The molecule has 0 heterocycles. The number of ether oxygens (including phenoxy) is 2. The van der Waals surface area contributed by atoms with E-state index in [1.54, 1.807) is 19.2 Å². The van der Waals surface area contributed by atoms with Crippen molar-refractivity contribution in [3.05, 3.63) is 50.4 Å². The van der Waals surface area contributed by atoms with Crippen LogP contribution in [-0.2, 0) is 6.54 Å². The van der Waals surface area contributed by atoms with E-state index in [9.17, 15) is 0 Å². The highest BCUT2D eigenvalue weighted by molar-refractivity contribution is 9.10. The molecule has 1 N–H and O–H groups in total. The van der Waals surface area contributed by atoms with Gasteiger partial charge in [-0.3, -0.25) is 0 Å². The van der Waals surface area contributed by atoms with Crippen LogP contribution in [0.15, 0.2) is 34.8 Å². The summed E-state index contributed by atoms with van der Waals surface area (Å²) in [6, 6.07) is 9.36. The lowest BCUT2D eigenvalue weighted by molar-refractivity contribution is 0.291. The lowest BCUT2D eigenvalue weighted by Crippen LogP contribution is -2.06. The van der Waals surface area contributed by atoms with E-state index in [0.717, 1.165) is 27.9 Å². The third-order valence-electron chi connectivity index (χ3n) is 3.17. The number of rotatable bonds is 7. The minimum atomic E-state index is 0.519. The van der Waals surface area contributed by atoms with Gasteiger partial charge in [0, 0.05) is 22.3 Å². The zero-order valence-electron chi connectivity index (χ0n) is 13.0. The molecule has 0 saturated heterocycles. The lowest BCUT2D eigenvalue weighted by atomic mass is 10.1. The fraction of sp³-hybridized carbons (Fsp3) is 0.294. The summed E-state index contributed by atoms with van der Waals surface area (Å²) in [4.78, 5) is 0. The maximum absolute atomic E-state index is 6.04. The molecule has 0 atom stereocenters. The van der Waals surface area contributed by atoms with Gasteiger partial charge in [0.15, 0.2) is 11.5 Å². The van der Waals surface area contributed by atoms with Crippen LogP contribution in [0, 0.1) is 0 Å². The summed E-state index contributed by atoms with van der Waals surface area (Å²) >= 11 is 15.5. The van der Waals surface area contributed by atoms with Crippen LogP contribution >= 0.6 is 39.1 Å². The molecule has 3 nitrogen and oxygen atoms in total. The molecule has 0 aliphatic rings. The zero-order chi connectivity index (χ0) is 16.8. The average Bonchev–Trinajstić information content (AvgIpc) is 2.54. The number of halogens is 3. The third kappa shape index (κ3) is 4.93. The van der Waals surface area contributed by atoms with Crippen LogP contribution in [-0.4, -0.2) is 13.7 Å². The average molecular weight is 419 g/mol. The maximum Gasteiger partial charge on any atom is 0.166 e. The molecule has 0 aliphatic carbocycles. The molecule has 23 heavy (non-hydrogen) atoms. The van der Waals surface area contributed by atoms with Crippen molar-refractivity contribution in [3.63, 3.8) is 0 Å². The molecule has 2 aromatic carbocycles. The van der Waals surface area contributed by atoms with Gasteiger partial charge in [0.25, 0.3) is 0 Å². The fourth-order valence-electron chi connectivity index (χ4n) is 2.08. The highest BCUT2D eigenvalue weighted by Crippen LogP contribution is 2.35. The number of anilines is 1. The van der Waals surface area contributed by atoms with Gasteiger partial charge in [-0.05, 0) is 36.8 Å². The second-order valence-electron chi connectivity index (χ2n) is 4.93. The maximum atomic E-state index is 6.04. The van der Waals surface area contributed by atoms with Crippen molar-refractivity contribution in [3.8, 4) is 11.5 Å². The molecule has 0 spiro atoms. The Kier molecular flexibility index (Phi) is 6.88. The Balaban J connectivity index is 2.23. The van der Waals surface area contributed by atoms with Crippen LogP contribution in [0.2, 0.25) is 10.0 Å². The lowest BCUT2D eigenvalue weighted by Gasteiger charge is -2.16. The summed E-state index contributed by atoms with van der Waals surface area (Å²) in [6.45, 7) is 3.28. The van der Waals surface area contributed by atoms with Gasteiger partial charge in [-0.2, -0.15) is 0 Å². The Morgan fingerprint density at radius 3 is 2.57 bits per heavy atom. The quantitative estimate of drug-likeness (QED) is 0.583. The Labute approximate surface area is 155 Å². The van der Waals surface area contributed by atoms with E-state index in [0.29, 0.717) is 28.9 Å². The highest BCUT2D eigenvalue weighted by atomic mass is 79.9. The third-order valence-corrected chi connectivity index (χ3v) is 4.37. The number of benzene rings is 2. The SMILES string of the molecule is CCCOc1c(CNc2ccc(Cl)c(Cl)c2)cc(Br)cc1OC. The van der Waals surface area contributed by atoms with Crippen molar-refractivity contribution in [2.45, 2.75) is 19.9 Å². The second-order valence-corrected chi connectivity index (χ2v) is 6.66. The van der Waals surface area contributed by atoms with Crippen LogP contribution in [0.5, 0.6) is 11.5 Å². The predicted octanol–water partition coefficient (Wildman–Crippen LogP) is 6.17. The van der Waals surface area contributed by atoms with Crippen LogP contribution in [0.4, 0.5) is 5.69 Å². The van der Waals surface area contributed by atoms with E-state index in [2.05, 4.69) is 28.2 Å². The van der Waals surface area contributed by atoms with Gasteiger partial charge >= 0.3 is 0 Å². The monoisotopic (exact) mass is 417 g/mol. The van der Waals surface area contributed by atoms with E-state index < -0.39 is 0 Å². The first-order valence-corrected chi connectivity index (χ1v) is 8.78. The Bertz CT molecular complexity index is 680. The summed E-state index contributed by atoms with van der Waals surface area (Å²) in [5.74, 6) is 1.46. The summed E-state index contributed by atoms with van der Waals surface area (Å²) < 4.78 is 12.2. The molecule has 124 valence electrons. The first-order chi connectivity index (χ1) is 11.0. The number of methoxy groups -OCH3 is 1. The van der Waals surface area contributed by atoms with Crippen molar-refractivity contribution in [1.82, 2.24) is 0 Å². The number of nitrogens with one attached hydrogen (secondary N) is 1. The summed E-state index contributed by atoms with van der Waals surface area (Å²) in [5.41, 5.74) is 1.88. The molecule has 6 heteroatoms. The topological polar surface area (TPSA) is 30.5 Å². The summed E-state index contributed by atoms with van der Waals surface area (Å²) in [5, 5.41) is 4.38. The molecular weight excluding hydrogens is 401 g/mol. The van der Waals surface area contributed by atoms with E-state index >= 15 is 0 Å². The molecule has 0 aliphatic heterocycles. The summed E-state index contributed by atoms with van der Waals surface area (Å²) in [6.07, 6.45) is 0.929. The van der Waals surface area contributed by atoms with Crippen molar-refractivity contribution in [2.24, 2.45) is 0 Å². The molecule has 0 radical (unpaired) electrons. The smallest absolute Gasteiger partial charge is 0.166 e. The molecule has 0 bridgehead atoms. The van der Waals surface area contributed by atoms with Gasteiger partial charge in [0.1, 0.15) is 0 Å². The fourth-order valence-corrected chi connectivity index (χ4v) is 2.86. The Morgan fingerprint density at radius 2 is 1.91 bits per heavy atom. The Morgan fingerprint density at radius 1 is 1.13 bits per heavy atom. The van der Waals surface area contributed by atoms with Gasteiger partial charge in [0.05, 0.1) is 23.8 Å². The molecule has 0 aromatic heterocycles. The van der Waals surface area contributed by atoms with E-state index in [1.165, 1.54) is 0 Å². The minimum absolute atomic E-state index is 0.519. The number of hydrogen-bond donors (Lipinski definition) is 1. The Hall–Kier alpha value is -1.10. The van der Waals surface area contributed by atoms with Crippen LogP contribution in [0.25, 0.3) is 0 Å². The molecular formula is C17H18BrCl2NO2. The first kappa shape index (κ1) is 18.2. The largest absolute Gasteiger partial charge is 0.493 e. The number of hydrogen-bond acceptors (Lipinski definition) is 3. The van der Waals surface area contributed by atoms with Crippen LogP contribution in [0.1, 0.15) is 18.9 Å². The standard InChI is InChI=1S/C17H18BrCl2NO2/c1-3-6-23-17-11(7-12(18)8-16(17)22-2)10-21-13-4-5-14(19)15(20)9-13/h4-5,7-9,21H,3,6,10H2,1-2H3. The van der Waals surface area contributed by atoms with Gasteiger partial charge in [-0.25, -0.2) is 0 Å². The zero-order valence-corrected chi connectivity index (χ0v) is 16.1. The molecule has 0 saturated carbocycles. The predicted molar refractivity (Wildman–Crippen MR) is 100 cm³/mol. The van der Waals surface area contributed by atoms with Gasteiger partial charge < -0.3 is 14.8 Å². The van der Waals surface area contributed by atoms with Crippen LogP contribution in [0.3, 0.4) is 0 Å². The van der Waals surface area contributed by atoms with Crippen LogP contribution < -0.4 is 14.8 Å². The highest BCUT2D eigenvalue weighted by Gasteiger charge is 2.13. The minimum Gasteiger partial charge on any atom is -0.493 e. The van der Waals surface area contributed by atoms with Gasteiger partial charge in [-0.1, -0.05) is 46.1 Å². The van der Waals surface area contributed by atoms with E-state index in [1.807, 2.05) is 18.2 Å². The molecule has 2 rings (SSSR count). The normalized spacial score (nSPS) is 10.5. The first-order valence-electron chi connectivity index (χ1n) is 7.23. The van der Waals surface area contributed by atoms with E-state index in [4.69, 9.17) is 32.7 Å². The second kappa shape index (κ2) is 8.67. The van der Waals surface area contributed by atoms with Crippen molar-refractivity contribution < 1.29 is 9.47 Å². The van der Waals surface area contributed by atoms with Crippen molar-refractivity contribution in [1.29, 1.82) is 0 Å². The molecule has 2 aromatic rings. The van der Waals surface area contributed by atoms with E-state index in [-0.39, 0.29) is 0 Å². The van der Waals surface area contributed by atoms with Gasteiger partial charge in [-0.15, -0.1) is 0 Å². The summed E-state index contributed by atoms with van der Waals surface area (Å²) in [7, 11) is 1.64. The molecule has 0 fully saturated rings. The van der Waals surface area contributed by atoms with Crippen molar-refractivity contribution in [2.75, 3.05) is 19.0 Å². The van der Waals surface area contributed by atoms with Crippen molar-refractivity contribution >= 4 is 44.8 Å². The molecule has 0 unspecified atom stereocenters. The molecule has 0 amide bonds. The van der Waals surface area contributed by atoms with Gasteiger partial charge in [0.2, 0.25) is 0 Å².